The minimum absolute atomic E-state index is 0.214. The highest BCUT2D eigenvalue weighted by Crippen LogP contribution is 2.45. The molecular weight excluding hydrogens is 208 g/mol. The maximum Gasteiger partial charge on any atom is 0.0724 e. The lowest BCUT2D eigenvalue weighted by molar-refractivity contribution is 0.154. The predicted molar refractivity (Wildman–Crippen MR) is 75.1 cm³/mol. The third-order valence-corrected chi connectivity index (χ3v) is 4.24. The number of methoxy groups -OCH3 is 1. The highest BCUT2D eigenvalue weighted by atomic mass is 16.5. The van der Waals surface area contributed by atoms with E-state index in [0.717, 1.165) is 0 Å². The minimum Gasteiger partial charge on any atom is -0.378 e. The molecule has 0 heterocycles. The van der Waals surface area contributed by atoms with E-state index in [0.29, 0.717) is 11.3 Å². The summed E-state index contributed by atoms with van der Waals surface area (Å²) in [6.07, 6.45) is 8.52. The maximum atomic E-state index is 5.30. The van der Waals surface area contributed by atoms with Gasteiger partial charge in [-0.05, 0) is 38.5 Å². The highest BCUT2D eigenvalue weighted by molar-refractivity contribution is 5.26. The summed E-state index contributed by atoms with van der Waals surface area (Å²) in [6.45, 7) is 11.5. The van der Waals surface area contributed by atoms with Gasteiger partial charge < -0.3 is 4.74 Å². The maximum absolute atomic E-state index is 5.30. The van der Waals surface area contributed by atoms with Crippen LogP contribution in [0.5, 0.6) is 0 Å². The van der Waals surface area contributed by atoms with E-state index in [1.165, 1.54) is 19.3 Å². The van der Waals surface area contributed by atoms with Crippen molar-refractivity contribution in [2.45, 2.75) is 60.0 Å². The van der Waals surface area contributed by atoms with E-state index in [-0.39, 0.29) is 6.10 Å². The fourth-order valence-electron chi connectivity index (χ4n) is 2.81. The first-order valence-corrected chi connectivity index (χ1v) is 6.82. The van der Waals surface area contributed by atoms with Crippen LogP contribution >= 0.6 is 0 Å². The molecule has 98 valence electrons. The van der Waals surface area contributed by atoms with Gasteiger partial charge in [-0.2, -0.15) is 0 Å². The summed E-state index contributed by atoms with van der Waals surface area (Å²) in [7, 11) is 1.77. The zero-order valence-corrected chi connectivity index (χ0v) is 12.3. The Morgan fingerprint density at radius 1 is 1.47 bits per heavy atom. The topological polar surface area (TPSA) is 9.23 Å². The first-order valence-electron chi connectivity index (χ1n) is 6.82. The van der Waals surface area contributed by atoms with Gasteiger partial charge in [-0.3, -0.25) is 0 Å². The molecule has 0 aliphatic heterocycles. The van der Waals surface area contributed by atoms with Gasteiger partial charge in [0.2, 0.25) is 0 Å². The molecule has 1 rings (SSSR count). The number of hydrogen-bond acceptors (Lipinski definition) is 1. The fourth-order valence-corrected chi connectivity index (χ4v) is 2.81. The van der Waals surface area contributed by atoms with Crippen molar-refractivity contribution >= 4 is 0 Å². The number of rotatable bonds is 4. The Labute approximate surface area is 107 Å². The summed E-state index contributed by atoms with van der Waals surface area (Å²) >= 11 is 0. The van der Waals surface area contributed by atoms with Gasteiger partial charge in [-0.1, -0.05) is 44.1 Å². The van der Waals surface area contributed by atoms with Crippen molar-refractivity contribution in [1.82, 2.24) is 0 Å². The van der Waals surface area contributed by atoms with E-state index in [1.807, 2.05) is 0 Å². The first kappa shape index (κ1) is 14.5. The Balaban J connectivity index is 2.97. The molecule has 0 spiro atoms. The highest BCUT2D eigenvalue weighted by Gasteiger charge is 2.33. The van der Waals surface area contributed by atoms with Crippen LogP contribution in [0.25, 0.3) is 0 Å². The Hall–Kier alpha value is -0.560. The predicted octanol–water partition coefficient (Wildman–Crippen LogP) is 4.74. The summed E-state index contributed by atoms with van der Waals surface area (Å²) in [6, 6.07) is 0. The van der Waals surface area contributed by atoms with Gasteiger partial charge in [0, 0.05) is 13.0 Å². The van der Waals surface area contributed by atoms with Crippen LogP contribution in [0, 0.1) is 11.3 Å². The summed E-state index contributed by atoms with van der Waals surface area (Å²) in [5, 5.41) is 0. The molecule has 0 saturated heterocycles. The lowest BCUT2D eigenvalue weighted by Crippen LogP contribution is -2.28. The molecule has 0 saturated carbocycles. The molecule has 1 aliphatic rings. The van der Waals surface area contributed by atoms with E-state index in [2.05, 4.69) is 46.8 Å². The molecule has 0 aromatic rings. The molecule has 0 fully saturated rings. The molecule has 0 aromatic carbocycles. The van der Waals surface area contributed by atoms with E-state index < -0.39 is 0 Å². The Kier molecular flexibility index (Phi) is 5.00. The van der Waals surface area contributed by atoms with Crippen LogP contribution in [0.1, 0.15) is 53.9 Å². The van der Waals surface area contributed by atoms with Crippen molar-refractivity contribution < 1.29 is 4.74 Å². The molecule has 1 heteroatoms. The molecule has 0 amide bonds. The van der Waals surface area contributed by atoms with Gasteiger partial charge in [-0.25, -0.2) is 0 Å². The molecule has 1 aliphatic carbocycles. The smallest absolute Gasteiger partial charge is 0.0724 e. The van der Waals surface area contributed by atoms with Gasteiger partial charge in [0.15, 0.2) is 0 Å². The molecule has 2 unspecified atom stereocenters. The standard InChI is InChI=1S/C16H28O/c1-7-14-12(2)10-11-16(4,5)15(14)9-8-13(3)17-6/h8-9,13,15H,7,10-11H2,1-6H3. The Morgan fingerprint density at radius 2 is 2.12 bits per heavy atom. The average Bonchev–Trinajstić information content (AvgIpc) is 2.29. The quantitative estimate of drug-likeness (QED) is 0.641. The van der Waals surface area contributed by atoms with Gasteiger partial charge in [0.1, 0.15) is 0 Å². The number of ether oxygens (including phenoxy) is 1. The fraction of sp³-hybridized carbons (Fsp3) is 0.750. The number of allylic oxidation sites excluding steroid dienone is 3. The Morgan fingerprint density at radius 3 is 2.65 bits per heavy atom. The molecule has 0 radical (unpaired) electrons. The van der Waals surface area contributed by atoms with E-state index in [4.69, 9.17) is 4.74 Å². The van der Waals surface area contributed by atoms with Crippen molar-refractivity contribution in [2.24, 2.45) is 11.3 Å². The normalized spacial score (nSPS) is 26.6. The van der Waals surface area contributed by atoms with Gasteiger partial charge >= 0.3 is 0 Å². The van der Waals surface area contributed by atoms with E-state index in [9.17, 15) is 0 Å². The molecule has 1 nitrogen and oxygen atoms in total. The monoisotopic (exact) mass is 236 g/mol. The lowest BCUT2D eigenvalue weighted by atomic mass is 9.65. The molecule has 0 aromatic heterocycles. The van der Waals surface area contributed by atoms with Gasteiger partial charge in [-0.15, -0.1) is 0 Å². The van der Waals surface area contributed by atoms with Gasteiger partial charge in [0.25, 0.3) is 0 Å². The van der Waals surface area contributed by atoms with Crippen molar-refractivity contribution in [2.75, 3.05) is 7.11 Å². The van der Waals surface area contributed by atoms with Crippen molar-refractivity contribution in [3.05, 3.63) is 23.3 Å². The Bertz CT molecular complexity index is 309. The van der Waals surface area contributed by atoms with Crippen molar-refractivity contribution in [1.29, 1.82) is 0 Å². The summed E-state index contributed by atoms with van der Waals surface area (Å²) in [5.74, 6) is 0.582. The van der Waals surface area contributed by atoms with Crippen LogP contribution in [0.15, 0.2) is 23.3 Å². The molecular formula is C16H28O. The second kappa shape index (κ2) is 5.86. The van der Waals surface area contributed by atoms with E-state index in [1.54, 1.807) is 18.3 Å². The van der Waals surface area contributed by atoms with Crippen LogP contribution in [0.2, 0.25) is 0 Å². The second-order valence-electron chi connectivity index (χ2n) is 5.95. The summed E-state index contributed by atoms with van der Waals surface area (Å²) < 4.78 is 5.30. The molecule has 0 bridgehead atoms. The number of hydrogen-bond donors (Lipinski definition) is 0. The third kappa shape index (κ3) is 3.45. The van der Waals surface area contributed by atoms with Crippen molar-refractivity contribution in [3.8, 4) is 0 Å². The van der Waals surface area contributed by atoms with Crippen LogP contribution in [-0.2, 0) is 4.74 Å². The lowest BCUT2D eigenvalue weighted by Gasteiger charge is -2.40. The van der Waals surface area contributed by atoms with Crippen LogP contribution in [0.4, 0.5) is 0 Å². The molecule has 2 atom stereocenters. The minimum atomic E-state index is 0.214. The summed E-state index contributed by atoms with van der Waals surface area (Å²) in [5.41, 5.74) is 3.63. The summed E-state index contributed by atoms with van der Waals surface area (Å²) in [4.78, 5) is 0. The van der Waals surface area contributed by atoms with Gasteiger partial charge in [0.05, 0.1) is 6.10 Å². The van der Waals surface area contributed by atoms with Crippen LogP contribution < -0.4 is 0 Å². The van der Waals surface area contributed by atoms with Crippen molar-refractivity contribution in [3.63, 3.8) is 0 Å². The first-order chi connectivity index (χ1) is 7.92. The zero-order valence-electron chi connectivity index (χ0n) is 12.3. The molecule has 17 heavy (non-hydrogen) atoms. The third-order valence-electron chi connectivity index (χ3n) is 4.24. The van der Waals surface area contributed by atoms with E-state index >= 15 is 0 Å². The molecule has 0 N–H and O–H groups in total. The average molecular weight is 236 g/mol. The zero-order chi connectivity index (χ0) is 13.1. The SMILES string of the molecule is CCC1=C(C)CCC(C)(C)C1C=CC(C)OC. The van der Waals surface area contributed by atoms with Crippen LogP contribution in [-0.4, -0.2) is 13.2 Å². The van der Waals surface area contributed by atoms with Crippen LogP contribution in [0.3, 0.4) is 0 Å². The largest absolute Gasteiger partial charge is 0.378 e. The second-order valence-corrected chi connectivity index (χ2v) is 5.95.